The molecule has 1 N–H and O–H groups in total. The quantitative estimate of drug-likeness (QED) is 0.658. The largest absolute Gasteiger partial charge is 0.479 e. The van der Waals surface area contributed by atoms with Crippen molar-refractivity contribution in [2.24, 2.45) is 0 Å². The van der Waals surface area contributed by atoms with Crippen LogP contribution in [0, 0.1) is 0 Å². The van der Waals surface area contributed by atoms with E-state index in [0.717, 1.165) is 0 Å². The monoisotopic (exact) mass is 189 g/mol. The highest BCUT2D eigenvalue weighted by Gasteiger charge is 2.11. The predicted octanol–water partition coefficient (Wildman–Crippen LogP) is -0.0456. The maximum absolute atomic E-state index is 11.0. The highest BCUT2D eigenvalue weighted by atomic mass is 16.5. The third kappa shape index (κ3) is 5.19. The van der Waals surface area contributed by atoms with Gasteiger partial charge in [0.1, 0.15) is 0 Å². The van der Waals surface area contributed by atoms with E-state index < -0.39 is 12.1 Å². The molecule has 0 saturated carbocycles. The van der Waals surface area contributed by atoms with E-state index in [1.165, 1.54) is 11.8 Å². The van der Waals surface area contributed by atoms with Gasteiger partial charge in [-0.25, -0.2) is 4.79 Å². The molecule has 1 atom stereocenters. The van der Waals surface area contributed by atoms with Crippen molar-refractivity contribution in [2.45, 2.75) is 19.4 Å². The van der Waals surface area contributed by atoms with Crippen LogP contribution in [0.3, 0.4) is 0 Å². The van der Waals surface area contributed by atoms with Gasteiger partial charge in [-0.3, -0.25) is 4.79 Å². The second-order valence-corrected chi connectivity index (χ2v) is 2.89. The average molecular weight is 189 g/mol. The first-order chi connectivity index (χ1) is 5.95. The Morgan fingerprint density at radius 1 is 1.46 bits per heavy atom. The Hall–Kier alpha value is -1.10. The zero-order chi connectivity index (χ0) is 10.4. The number of carboxylic acid groups (broad SMARTS) is 1. The predicted molar refractivity (Wildman–Crippen MR) is 46.4 cm³/mol. The summed E-state index contributed by atoms with van der Waals surface area (Å²) in [6.07, 6.45) is -0.639. The summed E-state index contributed by atoms with van der Waals surface area (Å²) in [6.45, 7) is 1.58. The number of carboxylic acids is 1. The molecule has 5 heteroatoms. The van der Waals surface area contributed by atoms with Crippen LogP contribution in [0.4, 0.5) is 0 Å². The van der Waals surface area contributed by atoms with E-state index in [1.807, 2.05) is 0 Å². The van der Waals surface area contributed by atoms with Crippen LogP contribution >= 0.6 is 0 Å². The van der Waals surface area contributed by atoms with Gasteiger partial charge in [-0.2, -0.15) is 0 Å². The molecule has 5 nitrogen and oxygen atoms in total. The third-order valence-electron chi connectivity index (χ3n) is 1.53. The summed E-state index contributed by atoms with van der Waals surface area (Å²) < 4.78 is 4.88. The zero-order valence-electron chi connectivity index (χ0n) is 8.11. The molecule has 0 fully saturated rings. The van der Waals surface area contributed by atoms with Crippen LogP contribution in [0.2, 0.25) is 0 Å². The highest BCUT2D eigenvalue weighted by molar-refractivity contribution is 5.75. The van der Waals surface area contributed by atoms with Gasteiger partial charge in [0, 0.05) is 14.1 Å². The lowest BCUT2D eigenvalue weighted by atomic mass is 10.4. The highest BCUT2D eigenvalue weighted by Crippen LogP contribution is 1.94. The summed E-state index contributed by atoms with van der Waals surface area (Å²) in [6, 6.07) is 0. The first-order valence-electron chi connectivity index (χ1n) is 3.99. The first kappa shape index (κ1) is 11.9. The average Bonchev–Trinajstić information content (AvgIpc) is 2.03. The van der Waals surface area contributed by atoms with Gasteiger partial charge < -0.3 is 14.7 Å². The molecule has 76 valence electrons. The van der Waals surface area contributed by atoms with Crippen molar-refractivity contribution in [1.82, 2.24) is 4.90 Å². The molecular weight excluding hydrogens is 174 g/mol. The van der Waals surface area contributed by atoms with Crippen molar-refractivity contribution in [1.29, 1.82) is 0 Å². The van der Waals surface area contributed by atoms with E-state index in [1.54, 1.807) is 14.1 Å². The number of ether oxygens (including phenoxy) is 1. The fourth-order valence-corrected chi connectivity index (χ4v) is 0.618. The Kier molecular flexibility index (Phi) is 5.06. The van der Waals surface area contributed by atoms with Gasteiger partial charge in [-0.05, 0) is 6.92 Å². The number of carbonyl (C=O) groups excluding carboxylic acids is 1. The molecule has 0 aliphatic carbocycles. The van der Waals surface area contributed by atoms with E-state index >= 15 is 0 Å². The second kappa shape index (κ2) is 5.53. The van der Waals surface area contributed by atoms with Gasteiger partial charge in [-0.15, -0.1) is 0 Å². The summed E-state index contributed by atoms with van der Waals surface area (Å²) in [5.41, 5.74) is 0. The Bertz CT molecular complexity index is 191. The molecule has 0 aliphatic rings. The van der Waals surface area contributed by atoms with Gasteiger partial charge >= 0.3 is 5.97 Å². The molecule has 0 aliphatic heterocycles. The van der Waals surface area contributed by atoms with Crippen molar-refractivity contribution in [3.05, 3.63) is 0 Å². The van der Waals surface area contributed by atoms with Gasteiger partial charge in [0.15, 0.2) is 6.10 Å². The minimum absolute atomic E-state index is 0.0717. The normalized spacial score (nSPS) is 12.2. The van der Waals surface area contributed by atoms with Gasteiger partial charge in [0.25, 0.3) is 0 Å². The number of aliphatic carboxylic acids is 1. The van der Waals surface area contributed by atoms with Crippen molar-refractivity contribution < 1.29 is 19.4 Å². The number of carbonyl (C=O) groups is 2. The van der Waals surface area contributed by atoms with Crippen molar-refractivity contribution in [3.8, 4) is 0 Å². The Morgan fingerprint density at radius 2 is 2.00 bits per heavy atom. The van der Waals surface area contributed by atoms with Crippen LogP contribution in [-0.2, 0) is 14.3 Å². The van der Waals surface area contributed by atoms with E-state index in [9.17, 15) is 9.59 Å². The van der Waals surface area contributed by atoms with Gasteiger partial charge in [-0.1, -0.05) is 0 Å². The Balaban J connectivity index is 3.56. The minimum atomic E-state index is -1.02. The fraction of sp³-hybridized carbons (Fsp3) is 0.750. The maximum atomic E-state index is 11.0. The number of amides is 1. The van der Waals surface area contributed by atoms with Crippen LogP contribution in [0.1, 0.15) is 13.3 Å². The SMILES string of the molecule is C[C@@H](OCCC(=O)N(C)C)C(=O)O. The lowest BCUT2D eigenvalue weighted by Gasteiger charge is -2.11. The van der Waals surface area contributed by atoms with E-state index in [-0.39, 0.29) is 18.9 Å². The maximum Gasteiger partial charge on any atom is 0.332 e. The molecule has 13 heavy (non-hydrogen) atoms. The number of rotatable bonds is 5. The fourth-order valence-electron chi connectivity index (χ4n) is 0.618. The number of hydrogen-bond acceptors (Lipinski definition) is 3. The lowest BCUT2D eigenvalue weighted by molar-refractivity contribution is -0.150. The number of hydrogen-bond donors (Lipinski definition) is 1. The molecule has 0 aromatic carbocycles. The molecule has 0 saturated heterocycles. The van der Waals surface area contributed by atoms with E-state index in [0.29, 0.717) is 0 Å². The molecule has 0 bridgehead atoms. The Labute approximate surface area is 77.3 Å². The number of nitrogens with zero attached hydrogens (tertiary/aromatic N) is 1. The van der Waals surface area contributed by atoms with Crippen molar-refractivity contribution >= 4 is 11.9 Å². The molecule has 0 spiro atoms. The summed E-state index contributed by atoms with van der Waals surface area (Å²) in [5.74, 6) is -1.09. The van der Waals surface area contributed by atoms with Crippen LogP contribution in [0.5, 0.6) is 0 Å². The molecule has 0 heterocycles. The van der Waals surface area contributed by atoms with Gasteiger partial charge in [0.05, 0.1) is 13.0 Å². The molecule has 0 rings (SSSR count). The zero-order valence-corrected chi connectivity index (χ0v) is 8.11. The van der Waals surface area contributed by atoms with E-state index in [4.69, 9.17) is 9.84 Å². The first-order valence-corrected chi connectivity index (χ1v) is 3.99. The summed E-state index contributed by atoms with van der Waals surface area (Å²) in [5, 5.41) is 8.44. The summed E-state index contributed by atoms with van der Waals surface area (Å²) in [4.78, 5) is 22.7. The molecular formula is C8H15NO4. The third-order valence-corrected chi connectivity index (χ3v) is 1.53. The second-order valence-electron chi connectivity index (χ2n) is 2.89. The van der Waals surface area contributed by atoms with Crippen molar-refractivity contribution in [2.75, 3.05) is 20.7 Å². The Morgan fingerprint density at radius 3 is 2.38 bits per heavy atom. The summed E-state index contributed by atoms with van der Waals surface area (Å²) >= 11 is 0. The molecule has 0 aromatic rings. The molecule has 0 radical (unpaired) electrons. The smallest absolute Gasteiger partial charge is 0.332 e. The van der Waals surface area contributed by atoms with E-state index in [2.05, 4.69) is 0 Å². The topological polar surface area (TPSA) is 66.8 Å². The van der Waals surface area contributed by atoms with Gasteiger partial charge in [0.2, 0.25) is 5.91 Å². The standard InChI is InChI=1S/C8H15NO4/c1-6(8(11)12)13-5-4-7(10)9(2)3/h6H,4-5H2,1-3H3,(H,11,12)/t6-/m1/s1. The van der Waals surface area contributed by atoms with Crippen LogP contribution < -0.4 is 0 Å². The summed E-state index contributed by atoms with van der Waals surface area (Å²) in [7, 11) is 3.28. The van der Waals surface area contributed by atoms with Crippen LogP contribution in [0.15, 0.2) is 0 Å². The lowest BCUT2D eigenvalue weighted by Crippen LogP contribution is -2.26. The van der Waals surface area contributed by atoms with Crippen LogP contribution in [0.25, 0.3) is 0 Å². The minimum Gasteiger partial charge on any atom is -0.479 e. The molecule has 1 amide bonds. The van der Waals surface area contributed by atoms with Crippen molar-refractivity contribution in [3.63, 3.8) is 0 Å². The van der Waals surface area contributed by atoms with Crippen LogP contribution in [-0.4, -0.2) is 48.7 Å². The molecule has 0 unspecified atom stereocenters. The molecule has 0 aromatic heterocycles.